The first-order valence-electron chi connectivity index (χ1n) is 28.1. The summed E-state index contributed by atoms with van der Waals surface area (Å²) in [6.45, 7) is 18.8. The van der Waals surface area contributed by atoms with E-state index in [1.807, 2.05) is 64.7 Å². The number of esters is 1. The molecule has 79 heavy (non-hydrogen) atoms. The molecule has 21 heteroatoms. The Labute approximate surface area is 473 Å². The van der Waals surface area contributed by atoms with Crippen LogP contribution in [-0.2, 0) is 56.4 Å². The minimum atomic E-state index is -2.29. The van der Waals surface area contributed by atoms with Crippen LogP contribution < -0.4 is 10.2 Å². The number of fused-ring (bicyclic) bond motifs is 7. The lowest BCUT2D eigenvalue weighted by molar-refractivity contribution is -0.155. The number of carbonyl (C=O) groups excluding carboxylic acids is 5. The summed E-state index contributed by atoms with van der Waals surface area (Å²) in [4.78, 5) is 84.2. The van der Waals surface area contributed by atoms with Crippen LogP contribution in [0.25, 0.3) is 22.2 Å². The second-order valence-electron chi connectivity index (χ2n) is 25.0. The van der Waals surface area contributed by atoms with E-state index in [9.17, 15) is 19.2 Å². The van der Waals surface area contributed by atoms with Crippen LogP contribution in [-0.4, -0.2) is 201 Å². The van der Waals surface area contributed by atoms with Gasteiger partial charge in [-0.2, -0.15) is 0 Å². The van der Waals surface area contributed by atoms with Gasteiger partial charge in [0.2, 0.25) is 11.8 Å². The van der Waals surface area contributed by atoms with Crippen molar-refractivity contribution in [3.8, 4) is 23.1 Å². The van der Waals surface area contributed by atoms with E-state index in [1.54, 1.807) is 13.3 Å². The molecular weight excluding hydrogens is 1050 g/mol. The second kappa shape index (κ2) is 20.8. The van der Waals surface area contributed by atoms with Crippen molar-refractivity contribution in [2.24, 2.45) is 22.7 Å². The highest BCUT2D eigenvalue weighted by Crippen LogP contribution is 2.82. The van der Waals surface area contributed by atoms with Crippen molar-refractivity contribution in [3.63, 3.8) is 0 Å². The molecule has 6 aliphatic heterocycles. The fourth-order valence-electron chi connectivity index (χ4n) is 12.9. The van der Waals surface area contributed by atoms with Gasteiger partial charge in [0.15, 0.2) is 15.3 Å². The number of morpholine rings is 1. The molecule has 8 heterocycles. The summed E-state index contributed by atoms with van der Waals surface area (Å²) < 4.78 is 40.3. The molecule has 421 valence electrons. The van der Waals surface area contributed by atoms with E-state index in [2.05, 4.69) is 86.6 Å². The van der Waals surface area contributed by atoms with Gasteiger partial charge in [0, 0.05) is 111 Å². The summed E-state index contributed by atoms with van der Waals surface area (Å²) in [5.41, 5.74) is 1.26. The first kappa shape index (κ1) is 57.3. The van der Waals surface area contributed by atoms with Crippen LogP contribution in [0, 0.1) is 34.5 Å². The maximum Gasteiger partial charge on any atom is 0.310 e. The maximum atomic E-state index is 16.9. The third-order valence-electron chi connectivity index (χ3n) is 18.2. The smallest absolute Gasteiger partial charge is 0.310 e. The Morgan fingerprint density at radius 1 is 1.08 bits per heavy atom. The van der Waals surface area contributed by atoms with Crippen LogP contribution in [0.4, 0.5) is 10.1 Å². The number of ether oxygens (including phenoxy) is 3. The number of anilines is 1. The number of halogens is 1. The van der Waals surface area contributed by atoms with Crippen LogP contribution in [0.15, 0.2) is 36.5 Å². The fourth-order valence-corrected chi connectivity index (χ4v) is 16.5. The molecule has 5 saturated heterocycles. The van der Waals surface area contributed by atoms with Crippen LogP contribution in [0.2, 0.25) is 5.54 Å². The van der Waals surface area contributed by atoms with E-state index < -0.39 is 68.0 Å². The van der Waals surface area contributed by atoms with Gasteiger partial charge in [0.05, 0.1) is 72.6 Å². The Morgan fingerprint density at radius 2 is 1.81 bits per heavy atom. The van der Waals surface area contributed by atoms with Gasteiger partial charge in [-0.3, -0.25) is 38.9 Å². The maximum absolute atomic E-state index is 16.9. The predicted molar refractivity (Wildman–Crippen MR) is 301 cm³/mol. The van der Waals surface area contributed by atoms with Crippen molar-refractivity contribution >= 4 is 75.6 Å². The molecule has 4 unspecified atom stereocenters. The number of benzene rings is 1. The number of hydrazine groups is 1. The van der Waals surface area contributed by atoms with Crippen LogP contribution in [0.1, 0.15) is 98.8 Å². The number of nitrogens with one attached hydrogen (secondary N) is 1. The molecule has 1 saturated carbocycles. The standard InChI is InChI=1S/C58H77FN9O8Si3/c1-13-66-42-19-18-36-30-40(42)41(45(66)38-16-14-24-60-46(38)55(8,77)74-12)32-53(4,5)34-76-49(71)39-17-15-25-67(68-48(39)79-68)52(73)57(31-37-33-65(36)28-29-75-37)50-58(57,78-50)61-47(70)44(35(2)3)63(11)51(72)56(59)22-26-64(27-23-56)43(69)20-21-54(6,7)62(9)10/h14,16,18-19,24,30,35,37,39,44,48,50H,13,15,17,22-23,25-29,31-34H2,1-12H3,(H,61,70)/t37-,39+,44-,48?,50?,55+,57?,58-,68?/m0/s1. The van der Waals surface area contributed by atoms with Gasteiger partial charge in [-0.1, -0.05) is 33.6 Å². The molecule has 10 rings (SSSR count). The van der Waals surface area contributed by atoms with E-state index in [4.69, 9.17) is 19.2 Å². The minimum absolute atomic E-state index is 0.0130. The number of nitrogens with zero attached hydrogens (tertiary/aromatic N) is 8. The number of hydrogen-bond donors (Lipinski definition) is 1. The molecule has 1 spiro atoms. The minimum Gasteiger partial charge on any atom is -0.465 e. The Bertz CT molecular complexity index is 3010. The van der Waals surface area contributed by atoms with Crippen molar-refractivity contribution in [2.45, 2.75) is 145 Å². The number of pyridine rings is 1. The Balaban J connectivity index is 0.953. The topological polar surface area (TPSA) is 162 Å². The summed E-state index contributed by atoms with van der Waals surface area (Å²) in [6, 6.07) is 9.64. The van der Waals surface area contributed by atoms with Gasteiger partial charge in [-0.15, -0.1) is 0 Å². The lowest BCUT2D eigenvalue weighted by Gasteiger charge is -2.41. The number of hydrogen-bond acceptors (Lipinski definition) is 12. The summed E-state index contributed by atoms with van der Waals surface area (Å²) in [7, 11) is 11.3. The number of amides is 4. The van der Waals surface area contributed by atoms with Gasteiger partial charge in [0.25, 0.3) is 11.8 Å². The highest BCUT2D eigenvalue weighted by atomic mass is 28.2. The number of carbonyl (C=O) groups is 5. The molecule has 7 aliphatic rings. The van der Waals surface area contributed by atoms with Crippen molar-refractivity contribution < 1.29 is 42.6 Å². The molecule has 17 nitrogen and oxygen atoms in total. The fraction of sp³-hybridized carbons (Fsp3) is 0.655. The molecule has 1 aliphatic carbocycles. The van der Waals surface area contributed by atoms with Crippen molar-refractivity contribution in [1.82, 2.24) is 39.3 Å². The Kier molecular flexibility index (Phi) is 15.1. The zero-order valence-corrected chi connectivity index (χ0v) is 51.0. The zero-order valence-electron chi connectivity index (χ0n) is 48.0. The molecule has 6 bridgehead atoms. The number of aryl methyl sites for hydroxylation is 1. The third-order valence-corrected chi connectivity index (χ3v) is 22.3. The lowest BCUT2D eigenvalue weighted by atomic mass is 9.84. The number of rotatable bonds is 10. The van der Waals surface area contributed by atoms with Crippen LogP contribution in [0.5, 0.6) is 0 Å². The van der Waals surface area contributed by atoms with Crippen LogP contribution in [0.3, 0.4) is 0 Å². The van der Waals surface area contributed by atoms with Crippen molar-refractivity contribution in [3.05, 3.63) is 47.8 Å². The summed E-state index contributed by atoms with van der Waals surface area (Å²) in [5.74, 6) is 2.92. The molecule has 3 aromatic rings. The molecule has 1 aromatic carbocycles. The van der Waals surface area contributed by atoms with E-state index >= 15 is 9.18 Å². The normalized spacial score (nSPS) is 29.3. The van der Waals surface area contributed by atoms with Crippen molar-refractivity contribution in [2.75, 3.05) is 79.1 Å². The van der Waals surface area contributed by atoms with Gasteiger partial charge in [-0.05, 0) is 121 Å². The van der Waals surface area contributed by atoms with E-state index in [-0.39, 0.29) is 80.9 Å². The molecule has 1 N–H and O–H groups in total. The average Bonchev–Trinajstić information content (AvgIpc) is 2.46. The van der Waals surface area contributed by atoms with E-state index in [0.717, 1.165) is 39.1 Å². The first-order chi connectivity index (χ1) is 37.2. The van der Waals surface area contributed by atoms with Gasteiger partial charge in [0.1, 0.15) is 6.04 Å². The number of alkyl halides is 1. The number of methoxy groups -OCH3 is 1. The third kappa shape index (κ3) is 10.1. The highest BCUT2D eigenvalue weighted by Gasteiger charge is 2.94. The second-order valence-corrected chi connectivity index (χ2v) is 28.9. The van der Waals surface area contributed by atoms with Crippen molar-refractivity contribution in [1.29, 1.82) is 0 Å². The first-order valence-corrected chi connectivity index (χ1v) is 30.7. The summed E-state index contributed by atoms with van der Waals surface area (Å²) >= 11 is 0. The number of cyclic esters (lactones) is 1. The SMILES string of the molecule is CCn1c(-c2cccnc2[C@@](C)([Si])OC)c2c3cc(ccc31)N1CCO[C@H](C1)CC1(C(=O)N3CCC[C@@H](C(=O)OCC(C)(C)C2)C2[Si]N23)C2[Si][C@@]21NC(=O)[C@H](C(C)C)N(C)C(=O)C1(F)CCN(C(=O)C#CC(C)(C)N(C)C)CC1. The number of piperidine rings is 1. The highest BCUT2D eigenvalue weighted by molar-refractivity contribution is 6.67. The monoisotopic (exact) mass is 1130 g/mol. The van der Waals surface area contributed by atoms with Gasteiger partial charge >= 0.3 is 5.97 Å². The Morgan fingerprint density at radius 3 is 2.48 bits per heavy atom. The number of likely N-dealkylation sites (N-methyl/N-ethyl adjacent to an activating group) is 1. The average molecular weight is 1130 g/mol. The van der Waals surface area contributed by atoms with Gasteiger partial charge in [-0.25, -0.2) is 9.06 Å². The summed E-state index contributed by atoms with van der Waals surface area (Å²) in [5, 5.41) is 4.56. The molecule has 2 aromatic heterocycles. The van der Waals surface area contributed by atoms with E-state index in [1.165, 1.54) is 16.8 Å². The molecule has 7 radical (unpaired) electrons. The summed E-state index contributed by atoms with van der Waals surface area (Å²) in [6.07, 6.45) is 3.10. The van der Waals surface area contributed by atoms with E-state index in [0.29, 0.717) is 58.5 Å². The van der Waals surface area contributed by atoms with Crippen LogP contribution >= 0.6 is 0 Å². The largest absolute Gasteiger partial charge is 0.465 e. The zero-order chi connectivity index (χ0) is 56.9. The molecule has 6 fully saturated rings. The number of aromatic nitrogens is 2. The number of likely N-dealkylation sites (tertiary alicyclic amines) is 1. The quantitative estimate of drug-likeness (QED) is 0.133. The molecular formula is C58H77FN9O8Si3. The predicted octanol–water partition coefficient (Wildman–Crippen LogP) is 4.32. The molecule has 4 amide bonds. The molecule has 9 atom stereocenters. The Hall–Kier alpha value is -4.96. The lowest BCUT2D eigenvalue weighted by Crippen LogP contribution is -2.60. The van der Waals surface area contributed by atoms with Gasteiger partial charge < -0.3 is 38.8 Å².